The zero-order valence-electron chi connectivity index (χ0n) is 18.6. The number of halogens is 1. The van der Waals surface area contributed by atoms with Crippen molar-refractivity contribution in [2.75, 3.05) is 60.5 Å². The predicted octanol–water partition coefficient (Wildman–Crippen LogP) is 3.35. The van der Waals surface area contributed by atoms with Gasteiger partial charge in [0.2, 0.25) is 0 Å². The summed E-state index contributed by atoms with van der Waals surface area (Å²) >= 11 is 0. The summed E-state index contributed by atoms with van der Waals surface area (Å²) < 4.78 is 5.33. The molecule has 0 radical (unpaired) electrons. The van der Waals surface area contributed by atoms with E-state index in [1.54, 1.807) is 7.11 Å². The summed E-state index contributed by atoms with van der Waals surface area (Å²) in [5, 5.41) is 6.86. The third kappa shape index (κ3) is 9.53. The molecule has 6 nitrogen and oxygen atoms in total. The Morgan fingerprint density at radius 3 is 2.41 bits per heavy atom. The van der Waals surface area contributed by atoms with Crippen molar-refractivity contribution in [3.05, 3.63) is 29.8 Å². The van der Waals surface area contributed by atoms with E-state index in [0.29, 0.717) is 6.04 Å². The van der Waals surface area contributed by atoms with Gasteiger partial charge >= 0.3 is 0 Å². The molecule has 7 heteroatoms. The van der Waals surface area contributed by atoms with Crippen molar-refractivity contribution in [1.82, 2.24) is 20.4 Å². The van der Waals surface area contributed by atoms with E-state index in [4.69, 9.17) is 9.73 Å². The van der Waals surface area contributed by atoms with E-state index in [-0.39, 0.29) is 24.0 Å². The van der Waals surface area contributed by atoms with E-state index in [1.807, 2.05) is 0 Å². The molecule has 166 valence electrons. The van der Waals surface area contributed by atoms with Crippen LogP contribution in [0.2, 0.25) is 0 Å². The summed E-state index contributed by atoms with van der Waals surface area (Å²) in [4.78, 5) is 9.73. The van der Waals surface area contributed by atoms with Gasteiger partial charge in [-0.3, -0.25) is 9.89 Å². The Morgan fingerprint density at radius 2 is 1.83 bits per heavy atom. The normalized spacial score (nSPS) is 16.2. The average molecular weight is 518 g/mol. The molecule has 0 amide bonds. The van der Waals surface area contributed by atoms with Crippen LogP contribution in [0.1, 0.15) is 44.2 Å². The molecule has 1 saturated heterocycles. The van der Waals surface area contributed by atoms with Crippen LogP contribution in [0, 0.1) is 0 Å². The van der Waals surface area contributed by atoms with Gasteiger partial charge in [0, 0.05) is 13.1 Å². The first-order valence-corrected chi connectivity index (χ1v) is 10.7. The molecule has 1 unspecified atom stereocenters. The lowest BCUT2D eigenvalue weighted by Crippen LogP contribution is -2.40. The van der Waals surface area contributed by atoms with Crippen LogP contribution in [0.4, 0.5) is 0 Å². The second kappa shape index (κ2) is 14.8. The molecule has 0 saturated carbocycles. The van der Waals surface area contributed by atoms with Crippen LogP contribution in [0.3, 0.4) is 0 Å². The molecule has 1 aromatic carbocycles. The molecule has 0 bridgehead atoms. The van der Waals surface area contributed by atoms with E-state index < -0.39 is 0 Å². The maximum atomic E-state index is 5.33. The van der Waals surface area contributed by atoms with Crippen molar-refractivity contribution in [3.63, 3.8) is 0 Å². The summed E-state index contributed by atoms with van der Waals surface area (Å²) in [6.45, 7) is 8.06. The molecule has 0 spiro atoms. The van der Waals surface area contributed by atoms with Crippen LogP contribution < -0.4 is 15.4 Å². The highest BCUT2D eigenvalue weighted by molar-refractivity contribution is 14.0. The molecule has 2 rings (SSSR count). The Balaban J connectivity index is 0.00000420. The first-order valence-electron chi connectivity index (χ1n) is 10.7. The Kier molecular flexibility index (Phi) is 13.3. The molecule has 2 N–H and O–H groups in total. The summed E-state index contributed by atoms with van der Waals surface area (Å²) in [7, 11) is 5.93. The molecule has 1 fully saturated rings. The molecule has 1 aromatic rings. The average Bonchev–Trinajstić information content (AvgIpc) is 2.72. The molecule has 1 aliphatic heterocycles. The predicted molar refractivity (Wildman–Crippen MR) is 134 cm³/mol. The number of likely N-dealkylation sites (tertiary alicyclic amines) is 1. The maximum Gasteiger partial charge on any atom is 0.191 e. The summed E-state index contributed by atoms with van der Waals surface area (Å²) in [6.07, 6.45) is 5.00. The van der Waals surface area contributed by atoms with Gasteiger partial charge in [0.25, 0.3) is 0 Å². The number of hydrogen-bond donors (Lipinski definition) is 2. The van der Waals surface area contributed by atoms with Crippen molar-refractivity contribution in [2.24, 2.45) is 4.99 Å². The van der Waals surface area contributed by atoms with Gasteiger partial charge in [0.15, 0.2) is 5.96 Å². The fourth-order valence-electron chi connectivity index (χ4n) is 3.61. The fraction of sp³-hybridized carbons (Fsp3) is 0.682. The van der Waals surface area contributed by atoms with Gasteiger partial charge in [0.05, 0.1) is 19.7 Å². The topological polar surface area (TPSA) is 52.1 Å². The van der Waals surface area contributed by atoms with E-state index in [0.717, 1.165) is 57.4 Å². The molecule has 1 atom stereocenters. The SMILES string of the molecule is CCNC(=NCC(c1ccc(OC)cc1)N1CCCCC1)NCCCN(C)C.I. The molecule has 1 aliphatic rings. The summed E-state index contributed by atoms with van der Waals surface area (Å²) in [5.41, 5.74) is 1.31. The van der Waals surface area contributed by atoms with Crippen molar-refractivity contribution < 1.29 is 4.74 Å². The lowest BCUT2D eigenvalue weighted by atomic mass is 10.0. The van der Waals surface area contributed by atoms with Crippen molar-refractivity contribution in [2.45, 2.75) is 38.6 Å². The van der Waals surface area contributed by atoms with Crippen molar-refractivity contribution >= 4 is 29.9 Å². The number of rotatable bonds is 10. The lowest BCUT2D eigenvalue weighted by Gasteiger charge is -2.34. The number of hydrogen-bond acceptors (Lipinski definition) is 4. The third-order valence-electron chi connectivity index (χ3n) is 5.17. The minimum absolute atomic E-state index is 0. The van der Waals surface area contributed by atoms with Crippen LogP contribution in [0.15, 0.2) is 29.3 Å². The van der Waals surface area contributed by atoms with Gasteiger partial charge in [-0.1, -0.05) is 18.6 Å². The minimum atomic E-state index is 0. The zero-order chi connectivity index (χ0) is 20.2. The van der Waals surface area contributed by atoms with E-state index in [2.05, 4.69) is 65.7 Å². The number of ether oxygens (including phenoxy) is 1. The molecule has 1 heterocycles. The molecule has 0 aromatic heterocycles. The zero-order valence-corrected chi connectivity index (χ0v) is 20.9. The van der Waals surface area contributed by atoms with E-state index >= 15 is 0 Å². The molecule has 29 heavy (non-hydrogen) atoms. The number of piperidine rings is 1. The van der Waals surface area contributed by atoms with Crippen LogP contribution >= 0.6 is 24.0 Å². The first kappa shape index (κ1) is 26.0. The van der Waals surface area contributed by atoms with Gasteiger partial charge in [-0.05, 0) is 77.6 Å². The van der Waals surface area contributed by atoms with Crippen molar-refractivity contribution in [1.29, 1.82) is 0 Å². The monoisotopic (exact) mass is 517 g/mol. The first-order chi connectivity index (χ1) is 13.6. The maximum absolute atomic E-state index is 5.33. The van der Waals surface area contributed by atoms with Crippen LogP contribution in [0.25, 0.3) is 0 Å². The van der Waals surface area contributed by atoms with Gasteiger partial charge in [-0.2, -0.15) is 0 Å². The number of nitrogens with one attached hydrogen (secondary N) is 2. The highest BCUT2D eigenvalue weighted by Crippen LogP contribution is 2.26. The number of nitrogens with zero attached hydrogens (tertiary/aromatic N) is 3. The van der Waals surface area contributed by atoms with E-state index in [9.17, 15) is 0 Å². The quantitative estimate of drug-likeness (QED) is 0.216. The lowest BCUT2D eigenvalue weighted by molar-refractivity contribution is 0.167. The standard InChI is InChI=1S/C22H39N5O.HI/c1-5-23-22(24-14-9-15-26(2)3)25-18-21(27-16-7-6-8-17-27)19-10-12-20(28-4)13-11-19;/h10-13,21H,5-9,14-18H2,1-4H3,(H2,23,24,25);1H. The Hall–Kier alpha value is -1.06. The number of guanidine groups is 1. The number of benzene rings is 1. The van der Waals surface area contributed by atoms with Crippen LogP contribution in [-0.2, 0) is 0 Å². The molecular weight excluding hydrogens is 477 g/mol. The van der Waals surface area contributed by atoms with Gasteiger partial charge < -0.3 is 20.3 Å². The fourth-order valence-corrected chi connectivity index (χ4v) is 3.61. The summed E-state index contributed by atoms with van der Waals surface area (Å²) in [5.74, 6) is 1.82. The molecular formula is C22H40IN5O. The molecule has 0 aliphatic carbocycles. The number of aliphatic imine (C=N–C) groups is 1. The Bertz CT molecular complexity index is 573. The van der Waals surface area contributed by atoms with Crippen LogP contribution in [0.5, 0.6) is 5.75 Å². The van der Waals surface area contributed by atoms with Gasteiger partial charge in [0.1, 0.15) is 5.75 Å². The Morgan fingerprint density at radius 1 is 1.14 bits per heavy atom. The number of methoxy groups -OCH3 is 1. The van der Waals surface area contributed by atoms with Gasteiger partial charge in [-0.15, -0.1) is 24.0 Å². The van der Waals surface area contributed by atoms with Gasteiger partial charge in [-0.25, -0.2) is 0 Å². The van der Waals surface area contributed by atoms with Crippen molar-refractivity contribution in [3.8, 4) is 5.75 Å². The summed E-state index contributed by atoms with van der Waals surface area (Å²) in [6, 6.07) is 8.79. The second-order valence-corrected chi connectivity index (χ2v) is 7.69. The Labute approximate surface area is 194 Å². The smallest absolute Gasteiger partial charge is 0.191 e. The highest BCUT2D eigenvalue weighted by atomic mass is 127. The highest BCUT2D eigenvalue weighted by Gasteiger charge is 2.22. The van der Waals surface area contributed by atoms with E-state index in [1.165, 1.54) is 24.8 Å². The van der Waals surface area contributed by atoms with Crippen LogP contribution in [-0.4, -0.2) is 76.2 Å². The minimum Gasteiger partial charge on any atom is -0.497 e. The largest absolute Gasteiger partial charge is 0.497 e. The second-order valence-electron chi connectivity index (χ2n) is 7.69. The third-order valence-corrected chi connectivity index (χ3v) is 5.17.